The van der Waals surface area contributed by atoms with Crippen molar-refractivity contribution in [1.82, 2.24) is 9.88 Å². The van der Waals surface area contributed by atoms with Gasteiger partial charge in [-0.15, -0.1) is 11.3 Å². The number of fused-ring (bicyclic) bond motifs is 1. The second-order valence-electron chi connectivity index (χ2n) is 7.14. The summed E-state index contributed by atoms with van der Waals surface area (Å²) in [6.07, 6.45) is 3.43. The lowest BCUT2D eigenvalue weighted by atomic mass is 10.0. The van der Waals surface area contributed by atoms with Crippen LogP contribution in [-0.4, -0.2) is 28.2 Å². The van der Waals surface area contributed by atoms with E-state index in [1.165, 1.54) is 23.5 Å². The van der Waals surface area contributed by atoms with Crippen LogP contribution in [0.3, 0.4) is 0 Å². The lowest BCUT2D eigenvalue weighted by molar-refractivity contribution is 0.0675. The molecule has 0 fully saturated rings. The molecule has 6 heteroatoms. The Bertz CT molecular complexity index is 1360. The first-order valence-electron chi connectivity index (χ1n) is 9.86. The highest BCUT2D eigenvalue weighted by molar-refractivity contribution is 7.16. The van der Waals surface area contributed by atoms with Crippen molar-refractivity contribution >= 4 is 23.2 Å². The summed E-state index contributed by atoms with van der Waals surface area (Å²) in [7, 11) is 0. The van der Waals surface area contributed by atoms with Gasteiger partial charge >= 0.3 is 0 Å². The van der Waals surface area contributed by atoms with Crippen molar-refractivity contribution in [3.63, 3.8) is 0 Å². The number of thiophene rings is 1. The van der Waals surface area contributed by atoms with Gasteiger partial charge in [0.1, 0.15) is 5.82 Å². The Morgan fingerprint density at radius 1 is 0.844 bits per heavy atom. The van der Waals surface area contributed by atoms with Crippen LogP contribution in [-0.2, 0) is 0 Å². The minimum Gasteiger partial charge on any atom is -0.269 e. The number of amides is 2. The van der Waals surface area contributed by atoms with E-state index in [1.54, 1.807) is 48.8 Å². The molecule has 32 heavy (non-hydrogen) atoms. The van der Waals surface area contributed by atoms with Crippen LogP contribution >= 0.6 is 11.3 Å². The van der Waals surface area contributed by atoms with Crippen molar-refractivity contribution in [2.45, 2.75) is 0 Å². The van der Waals surface area contributed by atoms with Crippen molar-refractivity contribution in [2.24, 2.45) is 0 Å². The number of imide groups is 1. The standard InChI is InChI=1S/C26H15FN2O2S/c27-19-9-7-18(8-10-19)24-23(17-11-13-28-14-12-17)16-20(32-24)4-3-15-29-25(30)21-5-1-2-6-22(21)26(29)31/h1-2,5-14,16H,15H2. The third-order valence-corrected chi connectivity index (χ3v) is 6.26. The molecule has 2 amide bonds. The van der Waals surface area contributed by atoms with Crippen molar-refractivity contribution in [3.8, 4) is 33.4 Å². The van der Waals surface area contributed by atoms with Crippen LogP contribution in [0.15, 0.2) is 79.1 Å². The zero-order valence-electron chi connectivity index (χ0n) is 16.7. The summed E-state index contributed by atoms with van der Waals surface area (Å²) in [5, 5.41) is 0. The maximum absolute atomic E-state index is 13.4. The monoisotopic (exact) mass is 438 g/mol. The Hall–Kier alpha value is -4.08. The summed E-state index contributed by atoms with van der Waals surface area (Å²) >= 11 is 1.48. The van der Waals surface area contributed by atoms with E-state index in [4.69, 9.17) is 0 Å². The molecule has 4 nitrogen and oxygen atoms in total. The molecule has 4 aromatic rings. The first kappa shape index (κ1) is 19.9. The van der Waals surface area contributed by atoms with E-state index in [0.717, 1.165) is 31.3 Å². The zero-order valence-corrected chi connectivity index (χ0v) is 17.5. The van der Waals surface area contributed by atoms with Crippen molar-refractivity contribution in [1.29, 1.82) is 0 Å². The van der Waals surface area contributed by atoms with Gasteiger partial charge in [0.25, 0.3) is 11.8 Å². The van der Waals surface area contributed by atoms with Gasteiger partial charge in [-0.3, -0.25) is 19.5 Å². The SMILES string of the molecule is O=C1c2ccccc2C(=O)N1CC#Cc1cc(-c2ccncc2)c(-c2ccc(F)cc2)s1. The third kappa shape index (κ3) is 3.59. The summed E-state index contributed by atoms with van der Waals surface area (Å²) < 4.78 is 13.4. The fourth-order valence-corrected chi connectivity index (χ4v) is 4.66. The highest BCUT2D eigenvalue weighted by atomic mass is 32.1. The summed E-state index contributed by atoms with van der Waals surface area (Å²) in [5.41, 5.74) is 3.65. The van der Waals surface area contributed by atoms with Crippen LogP contribution in [0.25, 0.3) is 21.6 Å². The number of rotatable bonds is 3. The molecule has 0 atom stereocenters. The van der Waals surface area contributed by atoms with E-state index in [1.807, 2.05) is 18.2 Å². The van der Waals surface area contributed by atoms with Gasteiger partial charge in [0.15, 0.2) is 0 Å². The topological polar surface area (TPSA) is 50.3 Å². The molecular weight excluding hydrogens is 423 g/mol. The molecule has 3 heterocycles. The number of carbonyl (C=O) groups is 2. The van der Waals surface area contributed by atoms with E-state index in [2.05, 4.69) is 16.8 Å². The van der Waals surface area contributed by atoms with Crippen molar-refractivity contribution in [3.05, 3.63) is 101 Å². The molecule has 0 saturated heterocycles. The zero-order chi connectivity index (χ0) is 22.1. The normalized spacial score (nSPS) is 12.5. The fourth-order valence-electron chi connectivity index (χ4n) is 3.60. The van der Waals surface area contributed by atoms with Crippen LogP contribution in [0.4, 0.5) is 4.39 Å². The van der Waals surface area contributed by atoms with Gasteiger partial charge in [-0.25, -0.2) is 4.39 Å². The fraction of sp³-hybridized carbons (Fsp3) is 0.0385. The number of hydrogen-bond acceptors (Lipinski definition) is 4. The highest BCUT2D eigenvalue weighted by Crippen LogP contribution is 2.39. The average molecular weight is 438 g/mol. The van der Waals surface area contributed by atoms with Gasteiger partial charge < -0.3 is 0 Å². The average Bonchev–Trinajstić information content (AvgIpc) is 3.35. The summed E-state index contributed by atoms with van der Waals surface area (Å²) in [4.78, 5) is 32.0. The van der Waals surface area contributed by atoms with Gasteiger partial charge in [-0.2, -0.15) is 0 Å². The van der Waals surface area contributed by atoms with E-state index < -0.39 is 0 Å². The summed E-state index contributed by atoms with van der Waals surface area (Å²) in [5.74, 6) is 5.11. The number of halogens is 1. The Balaban J connectivity index is 1.46. The molecular formula is C26H15FN2O2S. The van der Waals surface area contributed by atoms with Gasteiger partial charge in [0.2, 0.25) is 0 Å². The first-order chi connectivity index (χ1) is 15.6. The van der Waals surface area contributed by atoms with Gasteiger partial charge in [-0.1, -0.05) is 36.1 Å². The van der Waals surface area contributed by atoms with E-state index in [9.17, 15) is 14.0 Å². The second-order valence-corrected chi connectivity index (χ2v) is 8.19. The first-order valence-corrected chi connectivity index (χ1v) is 10.7. The Morgan fingerprint density at radius 2 is 1.50 bits per heavy atom. The van der Waals surface area contributed by atoms with Crippen LogP contribution in [0.1, 0.15) is 25.6 Å². The molecule has 154 valence electrons. The molecule has 0 radical (unpaired) electrons. The predicted molar refractivity (Wildman–Crippen MR) is 122 cm³/mol. The van der Waals surface area contributed by atoms with Crippen molar-refractivity contribution in [2.75, 3.05) is 6.54 Å². The van der Waals surface area contributed by atoms with E-state index in [0.29, 0.717) is 11.1 Å². The van der Waals surface area contributed by atoms with Crippen LogP contribution in [0.5, 0.6) is 0 Å². The number of carbonyl (C=O) groups excluding carboxylic acids is 2. The minimum atomic E-state index is -0.324. The Labute approximate surface area is 188 Å². The molecule has 1 aliphatic heterocycles. The third-order valence-electron chi connectivity index (χ3n) is 5.16. The smallest absolute Gasteiger partial charge is 0.262 e. The van der Waals surface area contributed by atoms with Gasteiger partial charge in [0.05, 0.1) is 22.5 Å². The molecule has 0 saturated carbocycles. The van der Waals surface area contributed by atoms with Gasteiger partial charge in [0, 0.05) is 22.8 Å². The molecule has 0 spiro atoms. The lowest BCUT2D eigenvalue weighted by Crippen LogP contribution is -2.29. The lowest BCUT2D eigenvalue weighted by Gasteiger charge is -2.08. The predicted octanol–water partition coefficient (Wildman–Crippen LogP) is 5.26. The molecule has 0 N–H and O–H groups in total. The molecule has 0 unspecified atom stereocenters. The number of hydrogen-bond donors (Lipinski definition) is 0. The maximum Gasteiger partial charge on any atom is 0.262 e. The number of aromatic nitrogens is 1. The second kappa shape index (κ2) is 8.22. The van der Waals surface area contributed by atoms with E-state index in [-0.39, 0.29) is 24.2 Å². The minimum absolute atomic E-state index is 0.0146. The molecule has 0 aliphatic carbocycles. The summed E-state index contributed by atoms with van der Waals surface area (Å²) in [6, 6.07) is 18.9. The van der Waals surface area contributed by atoms with E-state index >= 15 is 0 Å². The molecule has 5 rings (SSSR count). The number of benzene rings is 2. The van der Waals surface area contributed by atoms with Crippen LogP contribution in [0.2, 0.25) is 0 Å². The quantitative estimate of drug-likeness (QED) is 0.324. The number of nitrogens with zero attached hydrogens (tertiary/aromatic N) is 2. The van der Waals surface area contributed by atoms with Crippen LogP contribution in [0, 0.1) is 17.7 Å². The highest BCUT2D eigenvalue weighted by Gasteiger charge is 2.34. The Kier molecular flexibility index (Phi) is 5.10. The molecule has 0 bridgehead atoms. The van der Waals surface area contributed by atoms with Crippen LogP contribution < -0.4 is 0 Å². The molecule has 2 aromatic carbocycles. The molecule has 2 aromatic heterocycles. The number of pyridine rings is 1. The van der Waals surface area contributed by atoms with Gasteiger partial charge in [-0.05, 0) is 53.6 Å². The molecule has 1 aliphatic rings. The summed E-state index contributed by atoms with van der Waals surface area (Å²) in [6.45, 7) is 0.0146. The Morgan fingerprint density at radius 3 is 2.16 bits per heavy atom. The van der Waals surface area contributed by atoms with Crippen molar-refractivity contribution < 1.29 is 14.0 Å². The largest absolute Gasteiger partial charge is 0.269 e. The maximum atomic E-state index is 13.4.